The van der Waals surface area contributed by atoms with Crippen LogP contribution in [0.3, 0.4) is 0 Å². The van der Waals surface area contributed by atoms with Crippen LogP contribution in [0.2, 0.25) is 0 Å². The Labute approximate surface area is 171 Å². The number of carbonyl (C=O) groups is 2. The molecule has 2 N–H and O–H groups in total. The lowest BCUT2D eigenvalue weighted by Crippen LogP contribution is -2.48. The van der Waals surface area contributed by atoms with E-state index in [-0.39, 0.29) is 24.1 Å². The van der Waals surface area contributed by atoms with Gasteiger partial charge in [0, 0.05) is 39.1 Å². The van der Waals surface area contributed by atoms with Crippen molar-refractivity contribution in [3.05, 3.63) is 24.0 Å². The molecule has 1 aliphatic carbocycles. The molecule has 1 unspecified atom stereocenters. The van der Waals surface area contributed by atoms with Gasteiger partial charge in [-0.25, -0.2) is 4.39 Å². The van der Waals surface area contributed by atoms with Crippen LogP contribution >= 0.6 is 0 Å². The fraction of sp³-hybridized carbons (Fsp3) is 0.636. The first-order chi connectivity index (χ1) is 14.1. The Balaban J connectivity index is 1.35. The van der Waals surface area contributed by atoms with Gasteiger partial charge in [-0.3, -0.25) is 19.8 Å². The summed E-state index contributed by atoms with van der Waals surface area (Å²) >= 11 is 0. The Morgan fingerprint density at radius 2 is 1.79 bits per heavy atom. The maximum atomic E-state index is 15.2. The van der Waals surface area contributed by atoms with E-state index >= 15 is 4.39 Å². The number of anilines is 2. The molecular weight excluding hydrogens is 371 g/mol. The molecule has 7 heteroatoms. The van der Waals surface area contributed by atoms with Crippen LogP contribution in [0, 0.1) is 11.7 Å². The van der Waals surface area contributed by atoms with Gasteiger partial charge < -0.3 is 10.2 Å². The van der Waals surface area contributed by atoms with Crippen molar-refractivity contribution in [2.45, 2.75) is 51.0 Å². The first-order valence-electron chi connectivity index (χ1n) is 11.0. The lowest BCUT2D eigenvalue weighted by Gasteiger charge is -2.38. The van der Waals surface area contributed by atoms with Gasteiger partial charge in [0.25, 0.3) is 0 Å². The lowest BCUT2D eigenvalue weighted by molar-refractivity contribution is -0.133. The molecule has 1 aromatic carbocycles. The maximum Gasteiger partial charge on any atom is 0.249 e. The van der Waals surface area contributed by atoms with Crippen molar-refractivity contribution in [2.24, 2.45) is 5.92 Å². The highest BCUT2D eigenvalue weighted by Crippen LogP contribution is 2.29. The van der Waals surface area contributed by atoms with Crippen molar-refractivity contribution in [1.82, 2.24) is 10.2 Å². The first kappa shape index (κ1) is 20.1. The minimum atomic E-state index is -0.579. The molecule has 4 rings (SSSR count). The summed E-state index contributed by atoms with van der Waals surface area (Å²) in [5.41, 5.74) is 0.904. The molecule has 6 nitrogen and oxygen atoms in total. The topological polar surface area (TPSA) is 64.7 Å². The number of hydrogen-bond donors (Lipinski definition) is 2. The number of imide groups is 1. The third kappa shape index (κ3) is 4.89. The van der Waals surface area contributed by atoms with Gasteiger partial charge in [-0.2, -0.15) is 0 Å². The zero-order valence-electron chi connectivity index (χ0n) is 17.0. The summed E-state index contributed by atoms with van der Waals surface area (Å²) in [4.78, 5) is 27.9. The molecule has 158 valence electrons. The summed E-state index contributed by atoms with van der Waals surface area (Å²) in [6, 6.07) is 4.70. The van der Waals surface area contributed by atoms with Gasteiger partial charge in [-0.1, -0.05) is 25.3 Å². The Kier molecular flexibility index (Phi) is 6.33. The number of piperidine rings is 1. The number of rotatable bonds is 5. The Hall–Kier alpha value is -2.15. The number of nitrogens with zero attached hydrogens (tertiary/aromatic N) is 2. The number of hydrogen-bond acceptors (Lipinski definition) is 5. The molecule has 1 atom stereocenters. The molecule has 0 radical (unpaired) electrons. The summed E-state index contributed by atoms with van der Waals surface area (Å²) in [5.74, 6) is -0.151. The highest BCUT2D eigenvalue weighted by atomic mass is 19.1. The number of halogens is 1. The van der Waals surface area contributed by atoms with Gasteiger partial charge in [-0.05, 0) is 37.3 Å². The summed E-state index contributed by atoms with van der Waals surface area (Å²) in [7, 11) is 0. The molecule has 1 saturated carbocycles. The van der Waals surface area contributed by atoms with Crippen LogP contribution in [0.4, 0.5) is 15.8 Å². The van der Waals surface area contributed by atoms with Gasteiger partial charge in [0.2, 0.25) is 11.8 Å². The fourth-order valence-electron chi connectivity index (χ4n) is 4.80. The first-order valence-corrected chi connectivity index (χ1v) is 11.0. The molecule has 2 aliphatic heterocycles. The summed E-state index contributed by atoms with van der Waals surface area (Å²) < 4.78 is 15.2. The zero-order chi connectivity index (χ0) is 20.2. The largest absolute Gasteiger partial charge is 0.371 e. The summed E-state index contributed by atoms with van der Waals surface area (Å²) in [5, 5.41) is 5.29. The summed E-state index contributed by atoms with van der Waals surface area (Å²) in [6.07, 6.45) is 7.46. The molecule has 3 fully saturated rings. The van der Waals surface area contributed by atoms with Crippen LogP contribution in [-0.4, -0.2) is 55.5 Å². The molecule has 0 aromatic heterocycles. The molecule has 2 saturated heterocycles. The third-order valence-electron chi connectivity index (χ3n) is 6.50. The van der Waals surface area contributed by atoms with E-state index in [0.717, 1.165) is 32.1 Å². The van der Waals surface area contributed by atoms with Crippen LogP contribution in [0.15, 0.2) is 18.2 Å². The molecule has 3 aliphatic rings. The highest BCUT2D eigenvalue weighted by molar-refractivity contribution is 6.01. The van der Waals surface area contributed by atoms with Crippen molar-refractivity contribution >= 4 is 23.2 Å². The van der Waals surface area contributed by atoms with Gasteiger partial charge in [0.1, 0.15) is 6.04 Å². The SMILES string of the molecule is O=C1CCC(Nc2cccc(N3CCN(CC4CCCCC4)CC3)c2F)C(=O)N1. The Bertz CT molecular complexity index is 742. The van der Waals surface area contributed by atoms with Crippen molar-refractivity contribution < 1.29 is 14.0 Å². The number of piperazine rings is 1. The van der Waals surface area contributed by atoms with E-state index in [2.05, 4.69) is 20.4 Å². The molecule has 0 bridgehead atoms. The van der Waals surface area contributed by atoms with E-state index in [4.69, 9.17) is 0 Å². The van der Waals surface area contributed by atoms with Gasteiger partial charge in [0.05, 0.1) is 11.4 Å². The number of benzene rings is 1. The van der Waals surface area contributed by atoms with Gasteiger partial charge in [-0.15, -0.1) is 0 Å². The standard InChI is InChI=1S/C22H31FN4O2/c23-21-17(24-18-9-10-20(28)25-22(18)29)7-4-8-19(21)27-13-11-26(12-14-27)15-16-5-2-1-3-6-16/h4,7-8,16,18,24H,1-3,5-6,9-15H2,(H,25,28,29). The van der Waals surface area contributed by atoms with Crippen molar-refractivity contribution in [1.29, 1.82) is 0 Å². The second-order valence-corrected chi connectivity index (χ2v) is 8.58. The second-order valence-electron chi connectivity index (χ2n) is 8.58. The quantitative estimate of drug-likeness (QED) is 0.742. The number of amides is 2. The molecule has 1 aromatic rings. The minimum absolute atomic E-state index is 0.270. The van der Waals surface area contributed by atoms with E-state index in [1.54, 1.807) is 6.07 Å². The summed E-state index contributed by atoms with van der Waals surface area (Å²) in [6.45, 7) is 4.71. The molecule has 2 heterocycles. The predicted octanol–water partition coefficient (Wildman–Crippen LogP) is 2.75. The van der Waals surface area contributed by atoms with Crippen molar-refractivity contribution in [3.63, 3.8) is 0 Å². The zero-order valence-corrected chi connectivity index (χ0v) is 17.0. The lowest BCUT2D eigenvalue weighted by atomic mass is 9.89. The van der Waals surface area contributed by atoms with E-state index in [9.17, 15) is 9.59 Å². The van der Waals surface area contributed by atoms with E-state index in [0.29, 0.717) is 17.8 Å². The number of nitrogens with one attached hydrogen (secondary N) is 2. The van der Waals surface area contributed by atoms with Crippen LogP contribution in [-0.2, 0) is 9.59 Å². The minimum Gasteiger partial charge on any atom is -0.371 e. The van der Waals surface area contributed by atoms with Crippen LogP contribution in [0.1, 0.15) is 44.9 Å². The van der Waals surface area contributed by atoms with Crippen molar-refractivity contribution in [2.75, 3.05) is 42.9 Å². The van der Waals surface area contributed by atoms with E-state index in [1.807, 2.05) is 12.1 Å². The van der Waals surface area contributed by atoms with E-state index in [1.165, 1.54) is 38.6 Å². The van der Waals surface area contributed by atoms with Crippen LogP contribution < -0.4 is 15.5 Å². The van der Waals surface area contributed by atoms with Crippen LogP contribution in [0.25, 0.3) is 0 Å². The maximum absolute atomic E-state index is 15.2. The van der Waals surface area contributed by atoms with Gasteiger partial charge >= 0.3 is 0 Å². The average Bonchev–Trinajstić information content (AvgIpc) is 2.73. The van der Waals surface area contributed by atoms with Gasteiger partial charge in [0.15, 0.2) is 5.82 Å². The second kappa shape index (κ2) is 9.11. The predicted molar refractivity (Wildman–Crippen MR) is 111 cm³/mol. The Morgan fingerprint density at radius 3 is 2.52 bits per heavy atom. The third-order valence-corrected chi connectivity index (χ3v) is 6.50. The molecular formula is C22H31FN4O2. The Morgan fingerprint density at radius 1 is 1.03 bits per heavy atom. The van der Waals surface area contributed by atoms with E-state index < -0.39 is 6.04 Å². The highest BCUT2D eigenvalue weighted by Gasteiger charge is 2.28. The van der Waals surface area contributed by atoms with Crippen molar-refractivity contribution in [3.8, 4) is 0 Å². The normalized spacial score (nSPS) is 24.4. The average molecular weight is 403 g/mol. The molecule has 29 heavy (non-hydrogen) atoms. The number of carbonyl (C=O) groups excluding carboxylic acids is 2. The fourth-order valence-corrected chi connectivity index (χ4v) is 4.80. The van der Waals surface area contributed by atoms with Crippen LogP contribution in [0.5, 0.6) is 0 Å². The monoisotopic (exact) mass is 402 g/mol. The molecule has 2 amide bonds. The molecule has 0 spiro atoms. The smallest absolute Gasteiger partial charge is 0.249 e.